The molecule has 0 heterocycles. The van der Waals surface area contributed by atoms with Gasteiger partial charge in [0.1, 0.15) is 12.4 Å². The van der Waals surface area contributed by atoms with Crippen molar-refractivity contribution >= 4 is 0 Å². The highest BCUT2D eigenvalue weighted by molar-refractivity contribution is 5.41. The largest absolute Gasteiger partial charge is 0.384 e. The summed E-state index contributed by atoms with van der Waals surface area (Å²) in [6, 6.07) is 4.34. The number of hydrogen-bond donors (Lipinski definition) is 1. The van der Waals surface area contributed by atoms with E-state index in [2.05, 4.69) is 11.8 Å². The zero-order valence-corrected chi connectivity index (χ0v) is 10.6. The van der Waals surface area contributed by atoms with Crippen LogP contribution in [0.3, 0.4) is 0 Å². The summed E-state index contributed by atoms with van der Waals surface area (Å²) in [6.07, 6.45) is -0.0429. The zero-order valence-electron chi connectivity index (χ0n) is 10.6. The quantitative estimate of drug-likeness (QED) is 0.811. The van der Waals surface area contributed by atoms with Crippen molar-refractivity contribution in [2.75, 3.05) is 20.3 Å². The molecule has 0 aliphatic heterocycles. The molecule has 0 saturated carbocycles. The van der Waals surface area contributed by atoms with Crippen LogP contribution in [0.25, 0.3) is 0 Å². The summed E-state index contributed by atoms with van der Waals surface area (Å²) in [5.74, 6) is 4.86. The number of halogens is 1. The van der Waals surface area contributed by atoms with Gasteiger partial charge in [-0.1, -0.05) is 17.9 Å². The first kappa shape index (κ1) is 14.7. The maximum absolute atomic E-state index is 13.1. The monoisotopic (exact) mass is 252 g/mol. The van der Waals surface area contributed by atoms with Crippen molar-refractivity contribution in [2.24, 2.45) is 0 Å². The standard InChI is InChI=1S/C14H17FO3/c1-11(9-17-2)18-10-13-5-6-14(15)8-12(13)4-3-7-16/h5-6,8,11,16H,7,9-10H2,1-2H3. The molecule has 0 amide bonds. The van der Waals surface area contributed by atoms with Crippen molar-refractivity contribution in [2.45, 2.75) is 19.6 Å². The Bertz CT molecular complexity index is 434. The molecular formula is C14H17FO3. The molecule has 0 radical (unpaired) electrons. The van der Waals surface area contributed by atoms with Crippen molar-refractivity contribution in [3.63, 3.8) is 0 Å². The van der Waals surface area contributed by atoms with Gasteiger partial charge < -0.3 is 14.6 Å². The molecule has 4 heteroatoms. The molecule has 3 nitrogen and oxygen atoms in total. The van der Waals surface area contributed by atoms with Crippen molar-refractivity contribution in [3.05, 3.63) is 35.1 Å². The molecule has 0 saturated heterocycles. The number of rotatable bonds is 5. The number of aliphatic hydroxyl groups excluding tert-OH is 1. The van der Waals surface area contributed by atoms with Gasteiger partial charge in [-0.3, -0.25) is 0 Å². The Hall–Kier alpha value is -1.41. The minimum atomic E-state index is -0.356. The third-order valence-electron chi connectivity index (χ3n) is 2.30. The molecule has 0 fully saturated rings. The van der Waals surface area contributed by atoms with E-state index >= 15 is 0 Å². The van der Waals surface area contributed by atoms with Crippen LogP contribution in [0.15, 0.2) is 18.2 Å². The molecule has 1 aromatic carbocycles. The fourth-order valence-electron chi connectivity index (χ4n) is 1.44. The van der Waals surface area contributed by atoms with Crippen LogP contribution in [-0.4, -0.2) is 31.5 Å². The van der Waals surface area contributed by atoms with Gasteiger partial charge in [0.05, 0.1) is 19.3 Å². The summed E-state index contributed by atoms with van der Waals surface area (Å²) in [7, 11) is 1.61. The zero-order chi connectivity index (χ0) is 13.4. The highest BCUT2D eigenvalue weighted by atomic mass is 19.1. The smallest absolute Gasteiger partial charge is 0.124 e. The summed E-state index contributed by atoms with van der Waals surface area (Å²) in [6.45, 7) is 2.47. The van der Waals surface area contributed by atoms with Gasteiger partial charge in [0.25, 0.3) is 0 Å². The number of methoxy groups -OCH3 is 1. The minimum absolute atomic E-state index is 0.0429. The molecule has 0 aromatic heterocycles. The van der Waals surface area contributed by atoms with E-state index in [1.165, 1.54) is 12.1 Å². The van der Waals surface area contributed by atoms with E-state index in [0.29, 0.717) is 18.8 Å². The molecule has 1 unspecified atom stereocenters. The van der Waals surface area contributed by atoms with Crippen molar-refractivity contribution in [1.82, 2.24) is 0 Å². The second-order valence-electron chi connectivity index (χ2n) is 3.84. The molecular weight excluding hydrogens is 235 g/mol. The first-order valence-corrected chi connectivity index (χ1v) is 5.66. The molecule has 0 spiro atoms. The molecule has 1 rings (SSSR count). The topological polar surface area (TPSA) is 38.7 Å². The molecule has 0 aliphatic rings. The Balaban J connectivity index is 2.75. The van der Waals surface area contributed by atoms with E-state index in [-0.39, 0.29) is 18.5 Å². The van der Waals surface area contributed by atoms with Gasteiger partial charge in [-0.15, -0.1) is 0 Å². The predicted octanol–water partition coefficient (Wildman–Crippen LogP) is 1.72. The van der Waals surface area contributed by atoms with Crippen LogP contribution in [0.4, 0.5) is 4.39 Å². The summed E-state index contributed by atoms with van der Waals surface area (Å²) in [5.41, 5.74) is 1.33. The second kappa shape index (κ2) is 7.83. The Morgan fingerprint density at radius 2 is 2.22 bits per heavy atom. The Labute approximate surface area is 107 Å². The van der Waals surface area contributed by atoms with Gasteiger partial charge in [-0.05, 0) is 24.6 Å². The van der Waals surface area contributed by atoms with Gasteiger partial charge in [0.15, 0.2) is 0 Å². The fraction of sp³-hybridized carbons (Fsp3) is 0.429. The van der Waals surface area contributed by atoms with E-state index < -0.39 is 0 Å². The fourth-order valence-corrected chi connectivity index (χ4v) is 1.44. The lowest BCUT2D eigenvalue weighted by Crippen LogP contribution is -2.14. The van der Waals surface area contributed by atoms with Crippen LogP contribution in [-0.2, 0) is 16.1 Å². The highest BCUT2D eigenvalue weighted by Gasteiger charge is 2.06. The average molecular weight is 252 g/mol. The van der Waals surface area contributed by atoms with E-state index in [1.807, 2.05) is 6.92 Å². The third kappa shape index (κ3) is 4.84. The van der Waals surface area contributed by atoms with E-state index in [4.69, 9.17) is 14.6 Å². The molecule has 18 heavy (non-hydrogen) atoms. The number of hydrogen-bond acceptors (Lipinski definition) is 3. The Morgan fingerprint density at radius 1 is 1.44 bits per heavy atom. The van der Waals surface area contributed by atoms with Gasteiger partial charge in [0.2, 0.25) is 0 Å². The molecule has 0 bridgehead atoms. The third-order valence-corrected chi connectivity index (χ3v) is 2.30. The van der Waals surface area contributed by atoms with Gasteiger partial charge in [0, 0.05) is 12.7 Å². The molecule has 1 atom stereocenters. The maximum Gasteiger partial charge on any atom is 0.124 e. The number of benzene rings is 1. The first-order valence-electron chi connectivity index (χ1n) is 5.66. The average Bonchev–Trinajstić information content (AvgIpc) is 2.35. The molecule has 0 aliphatic carbocycles. The van der Waals surface area contributed by atoms with Gasteiger partial charge in [-0.25, -0.2) is 4.39 Å². The second-order valence-corrected chi connectivity index (χ2v) is 3.84. The van der Waals surface area contributed by atoms with Crippen LogP contribution in [0, 0.1) is 17.7 Å². The highest BCUT2D eigenvalue weighted by Crippen LogP contribution is 2.12. The lowest BCUT2D eigenvalue weighted by Gasteiger charge is -2.12. The first-order chi connectivity index (χ1) is 8.67. The molecule has 98 valence electrons. The summed E-state index contributed by atoms with van der Waals surface area (Å²) >= 11 is 0. The van der Waals surface area contributed by atoms with Crippen LogP contribution in [0.1, 0.15) is 18.1 Å². The van der Waals surface area contributed by atoms with Gasteiger partial charge in [-0.2, -0.15) is 0 Å². The number of aliphatic hydroxyl groups is 1. The Kier molecular flexibility index (Phi) is 6.37. The van der Waals surface area contributed by atoms with E-state index in [0.717, 1.165) is 5.56 Å². The number of ether oxygens (including phenoxy) is 2. The predicted molar refractivity (Wildman–Crippen MR) is 66.5 cm³/mol. The summed E-state index contributed by atoms with van der Waals surface area (Å²) < 4.78 is 23.6. The normalized spacial score (nSPS) is 11.8. The molecule has 1 aromatic rings. The minimum Gasteiger partial charge on any atom is -0.384 e. The van der Waals surface area contributed by atoms with Crippen molar-refractivity contribution in [1.29, 1.82) is 0 Å². The van der Waals surface area contributed by atoms with Crippen LogP contribution >= 0.6 is 0 Å². The van der Waals surface area contributed by atoms with Gasteiger partial charge >= 0.3 is 0 Å². The maximum atomic E-state index is 13.1. The SMILES string of the molecule is COCC(C)OCc1ccc(F)cc1C#CCO. The van der Waals surface area contributed by atoms with E-state index in [9.17, 15) is 4.39 Å². The van der Waals surface area contributed by atoms with Crippen LogP contribution < -0.4 is 0 Å². The lowest BCUT2D eigenvalue weighted by molar-refractivity contribution is -0.000210. The van der Waals surface area contributed by atoms with Crippen LogP contribution in [0.2, 0.25) is 0 Å². The van der Waals surface area contributed by atoms with E-state index in [1.54, 1.807) is 13.2 Å². The molecule has 1 N–H and O–H groups in total. The summed E-state index contributed by atoms with van der Waals surface area (Å²) in [4.78, 5) is 0. The van der Waals surface area contributed by atoms with Crippen molar-refractivity contribution < 1.29 is 19.0 Å². The Morgan fingerprint density at radius 3 is 2.89 bits per heavy atom. The van der Waals surface area contributed by atoms with Crippen LogP contribution in [0.5, 0.6) is 0 Å². The lowest BCUT2D eigenvalue weighted by atomic mass is 10.1. The van der Waals surface area contributed by atoms with Crippen molar-refractivity contribution in [3.8, 4) is 11.8 Å². The summed E-state index contributed by atoms with van der Waals surface area (Å²) in [5, 5.41) is 8.66.